The molecule has 20 heavy (non-hydrogen) atoms. The van der Waals surface area contributed by atoms with Gasteiger partial charge in [-0.3, -0.25) is 0 Å². The molecule has 1 nitrogen and oxygen atoms in total. The van der Waals surface area contributed by atoms with E-state index in [1.54, 1.807) is 0 Å². The lowest BCUT2D eigenvalue weighted by atomic mass is 9.60. The molecule has 94 valence electrons. The van der Waals surface area contributed by atoms with Crippen LogP contribution in [0.4, 0.5) is 17.1 Å². The van der Waals surface area contributed by atoms with Crippen LogP contribution in [0, 0.1) is 0 Å². The minimum absolute atomic E-state index is 1.01. The first-order valence-corrected chi connectivity index (χ1v) is 6.94. The van der Waals surface area contributed by atoms with Gasteiger partial charge in [0.1, 0.15) is 0 Å². The summed E-state index contributed by atoms with van der Waals surface area (Å²) in [5.74, 6) is 0. The van der Waals surface area contributed by atoms with Gasteiger partial charge in [-0.15, -0.1) is 0 Å². The molecule has 0 saturated carbocycles. The Morgan fingerprint density at radius 1 is 0.550 bits per heavy atom. The average Bonchev–Trinajstić information content (AvgIpc) is 2.53. The highest BCUT2D eigenvalue weighted by Gasteiger charge is 2.23. The smallest absolute Gasteiger partial charge is 0.197 e. The topological polar surface area (TPSA) is 3.24 Å². The molecule has 0 bridgehead atoms. The minimum Gasteiger partial charge on any atom is -0.312 e. The van der Waals surface area contributed by atoms with Gasteiger partial charge in [0, 0.05) is 17.1 Å². The zero-order chi connectivity index (χ0) is 13.4. The summed E-state index contributed by atoms with van der Waals surface area (Å²) in [6.07, 6.45) is 0. The first-order valence-electron chi connectivity index (χ1n) is 6.94. The maximum absolute atomic E-state index is 2.36. The molecular formula is C18H14BN. The van der Waals surface area contributed by atoms with E-state index in [0.29, 0.717) is 0 Å². The van der Waals surface area contributed by atoms with Crippen molar-refractivity contribution in [3.63, 3.8) is 0 Å². The second kappa shape index (κ2) is 4.57. The van der Waals surface area contributed by atoms with Crippen molar-refractivity contribution in [3.8, 4) is 0 Å². The summed E-state index contributed by atoms with van der Waals surface area (Å²) >= 11 is 0. The summed E-state index contributed by atoms with van der Waals surface area (Å²) < 4.78 is 0. The highest BCUT2D eigenvalue weighted by Crippen LogP contribution is 2.33. The Balaban J connectivity index is 1.98. The lowest BCUT2D eigenvalue weighted by molar-refractivity contribution is 1.30. The molecule has 1 aliphatic rings. The predicted octanol–water partition coefficient (Wildman–Crippen LogP) is 2.86. The van der Waals surface area contributed by atoms with Gasteiger partial charge < -0.3 is 4.90 Å². The minimum atomic E-state index is 1.01. The number of anilines is 3. The van der Waals surface area contributed by atoms with Gasteiger partial charge in [0.05, 0.1) is 0 Å². The van der Waals surface area contributed by atoms with Crippen molar-refractivity contribution < 1.29 is 0 Å². The van der Waals surface area contributed by atoms with Crippen LogP contribution in [0.15, 0.2) is 78.9 Å². The van der Waals surface area contributed by atoms with Gasteiger partial charge in [0.15, 0.2) is 7.28 Å². The fourth-order valence-corrected chi connectivity index (χ4v) is 2.95. The Morgan fingerprint density at radius 2 is 1.05 bits per heavy atom. The lowest BCUT2D eigenvalue weighted by Crippen LogP contribution is -2.39. The van der Waals surface area contributed by atoms with Crippen LogP contribution in [-0.2, 0) is 0 Å². The summed E-state index contributed by atoms with van der Waals surface area (Å²) in [7, 11) is 1.01. The van der Waals surface area contributed by atoms with Crippen molar-refractivity contribution in [3.05, 3.63) is 78.9 Å². The lowest BCUT2D eigenvalue weighted by Gasteiger charge is -2.33. The third-order valence-electron chi connectivity index (χ3n) is 3.86. The normalized spacial score (nSPS) is 12.3. The van der Waals surface area contributed by atoms with Crippen LogP contribution in [0.1, 0.15) is 0 Å². The second-order valence-electron chi connectivity index (χ2n) is 5.11. The molecule has 0 unspecified atom stereocenters. The van der Waals surface area contributed by atoms with Gasteiger partial charge in [0.25, 0.3) is 0 Å². The number of fused-ring (bicyclic) bond motifs is 2. The quantitative estimate of drug-likeness (QED) is 0.473. The standard InChI is InChI=1S/C18H14BN/c1-2-8-14(9-3-1)20-17-12-6-4-10-15(17)19-16-11-5-7-13-18(16)20/h1-13,19H. The summed E-state index contributed by atoms with van der Waals surface area (Å²) in [5.41, 5.74) is 6.56. The largest absolute Gasteiger partial charge is 0.312 e. The van der Waals surface area contributed by atoms with Crippen LogP contribution in [0.25, 0.3) is 0 Å². The summed E-state index contributed by atoms with van der Waals surface area (Å²) in [5, 5.41) is 0. The van der Waals surface area contributed by atoms with Gasteiger partial charge >= 0.3 is 0 Å². The van der Waals surface area contributed by atoms with Crippen LogP contribution >= 0.6 is 0 Å². The van der Waals surface area contributed by atoms with Gasteiger partial charge in [-0.1, -0.05) is 65.5 Å². The average molecular weight is 255 g/mol. The molecule has 1 aliphatic heterocycles. The predicted molar refractivity (Wildman–Crippen MR) is 87.5 cm³/mol. The maximum atomic E-state index is 2.36. The van der Waals surface area contributed by atoms with E-state index in [4.69, 9.17) is 0 Å². The molecular weight excluding hydrogens is 241 g/mol. The number of hydrogen-bond acceptors (Lipinski definition) is 1. The van der Waals surface area contributed by atoms with Gasteiger partial charge in [-0.05, 0) is 24.3 Å². The molecule has 0 atom stereocenters. The van der Waals surface area contributed by atoms with Gasteiger partial charge in [0.2, 0.25) is 0 Å². The van der Waals surface area contributed by atoms with E-state index in [0.717, 1.165) is 7.28 Å². The maximum Gasteiger partial charge on any atom is 0.197 e. The summed E-state index contributed by atoms with van der Waals surface area (Å²) in [6, 6.07) is 27.9. The summed E-state index contributed by atoms with van der Waals surface area (Å²) in [4.78, 5) is 2.36. The molecule has 0 aliphatic carbocycles. The molecule has 2 heteroatoms. The molecule has 0 aromatic heterocycles. The first kappa shape index (κ1) is 11.4. The molecule has 0 fully saturated rings. The van der Waals surface area contributed by atoms with Crippen LogP contribution < -0.4 is 15.8 Å². The van der Waals surface area contributed by atoms with E-state index < -0.39 is 0 Å². The molecule has 0 N–H and O–H groups in total. The monoisotopic (exact) mass is 255 g/mol. The zero-order valence-corrected chi connectivity index (χ0v) is 11.2. The third-order valence-corrected chi connectivity index (χ3v) is 3.86. The van der Waals surface area contributed by atoms with Crippen LogP contribution in [0.3, 0.4) is 0 Å². The molecule has 0 spiro atoms. The zero-order valence-electron chi connectivity index (χ0n) is 11.2. The summed E-state index contributed by atoms with van der Waals surface area (Å²) in [6.45, 7) is 0. The Kier molecular flexibility index (Phi) is 2.60. The van der Waals surface area contributed by atoms with Gasteiger partial charge in [-0.2, -0.15) is 0 Å². The first-order chi connectivity index (χ1) is 9.93. The molecule has 3 aromatic carbocycles. The van der Waals surface area contributed by atoms with Crippen molar-refractivity contribution in [2.24, 2.45) is 0 Å². The molecule has 1 heterocycles. The molecule has 0 saturated heterocycles. The van der Waals surface area contributed by atoms with Crippen LogP contribution in [0.2, 0.25) is 0 Å². The van der Waals surface area contributed by atoms with Crippen LogP contribution in [0.5, 0.6) is 0 Å². The van der Waals surface area contributed by atoms with E-state index >= 15 is 0 Å². The highest BCUT2D eigenvalue weighted by atomic mass is 15.1. The van der Waals surface area contributed by atoms with Crippen molar-refractivity contribution in [1.82, 2.24) is 0 Å². The van der Waals surface area contributed by atoms with E-state index in [2.05, 4.69) is 83.8 Å². The number of nitrogens with zero attached hydrogens (tertiary/aromatic N) is 1. The molecule has 0 amide bonds. The van der Waals surface area contributed by atoms with Crippen molar-refractivity contribution in [1.29, 1.82) is 0 Å². The Hall–Kier alpha value is -2.48. The Morgan fingerprint density at radius 3 is 1.65 bits per heavy atom. The van der Waals surface area contributed by atoms with E-state index in [1.165, 1.54) is 28.0 Å². The molecule has 0 radical (unpaired) electrons. The fraction of sp³-hybridized carbons (Fsp3) is 0. The van der Waals surface area contributed by atoms with Crippen molar-refractivity contribution >= 4 is 35.3 Å². The Bertz CT molecular complexity index is 707. The molecule has 3 aromatic rings. The molecule has 4 rings (SSSR count). The van der Waals surface area contributed by atoms with Crippen molar-refractivity contribution in [2.45, 2.75) is 0 Å². The van der Waals surface area contributed by atoms with E-state index in [-0.39, 0.29) is 0 Å². The third kappa shape index (κ3) is 1.73. The Labute approximate surface area is 119 Å². The number of para-hydroxylation sites is 3. The number of rotatable bonds is 1. The second-order valence-corrected chi connectivity index (χ2v) is 5.11. The number of benzene rings is 3. The SMILES string of the molecule is B1c2ccccc2N(c2ccccc2)c2ccccc21. The van der Waals surface area contributed by atoms with E-state index in [1.807, 2.05) is 0 Å². The number of hydrogen-bond donors (Lipinski definition) is 0. The highest BCUT2D eigenvalue weighted by molar-refractivity contribution is 6.71. The fourth-order valence-electron chi connectivity index (χ4n) is 2.95. The van der Waals surface area contributed by atoms with Crippen molar-refractivity contribution in [2.75, 3.05) is 4.90 Å². The van der Waals surface area contributed by atoms with Crippen LogP contribution in [-0.4, -0.2) is 7.28 Å². The van der Waals surface area contributed by atoms with E-state index in [9.17, 15) is 0 Å². The van der Waals surface area contributed by atoms with Gasteiger partial charge in [-0.25, -0.2) is 0 Å².